The monoisotopic (exact) mass is 854 g/mol. The molecule has 2 aliphatic heterocycles. The van der Waals surface area contributed by atoms with Crippen molar-refractivity contribution in [1.29, 1.82) is 0 Å². The van der Waals surface area contributed by atoms with E-state index < -0.39 is 83.7 Å². The molecule has 1 atom stereocenters. The maximum atomic E-state index is 15.9. The maximum absolute atomic E-state index is 15.9. The van der Waals surface area contributed by atoms with Crippen LogP contribution in [0.3, 0.4) is 0 Å². The number of aryl methyl sites for hydroxylation is 1. The minimum atomic E-state index is -4.35. The first kappa shape index (κ1) is 44.4. The first-order valence-electron chi connectivity index (χ1n) is 18.7. The number of nitrogens with zero attached hydrogens (tertiary/aromatic N) is 3. The number of aromatic nitrogens is 1. The topological polar surface area (TPSA) is 180 Å². The van der Waals surface area contributed by atoms with Crippen molar-refractivity contribution in [1.82, 2.24) is 5.06 Å². The summed E-state index contributed by atoms with van der Waals surface area (Å²) < 4.78 is 127. The third-order valence-electron chi connectivity index (χ3n) is 10.3. The van der Waals surface area contributed by atoms with Gasteiger partial charge in [0, 0.05) is 61.0 Å². The van der Waals surface area contributed by atoms with Crippen LogP contribution in [0.5, 0.6) is 0 Å². The predicted octanol–water partition coefficient (Wildman–Crippen LogP) is 6.25. The molecular weight excluding hydrogens is 811 g/mol. The summed E-state index contributed by atoms with van der Waals surface area (Å²) in [4.78, 5) is 42.1. The number of halogens is 4. The number of anilines is 1. The molecule has 0 bridgehead atoms. The highest BCUT2D eigenvalue weighted by molar-refractivity contribution is 7.86. The molecule has 3 aromatic rings. The van der Waals surface area contributed by atoms with Crippen molar-refractivity contribution >= 4 is 60.7 Å². The Morgan fingerprint density at radius 2 is 1.48 bits per heavy atom. The lowest BCUT2D eigenvalue weighted by Crippen LogP contribution is -2.34. The highest BCUT2D eigenvalue weighted by atomic mass is 32.2. The molecule has 2 N–H and O–H groups in total. The zero-order valence-electron chi connectivity index (χ0n) is 31.6. The molecular formula is C39H44F4N3O10S2+. The van der Waals surface area contributed by atoms with E-state index in [1.165, 1.54) is 11.8 Å². The zero-order valence-corrected chi connectivity index (χ0v) is 33.3. The van der Waals surface area contributed by atoms with E-state index in [1.54, 1.807) is 30.5 Å². The Kier molecular flexibility index (Phi) is 14.1. The average molecular weight is 855 g/mol. The van der Waals surface area contributed by atoms with E-state index >= 15 is 8.78 Å². The lowest BCUT2D eigenvalue weighted by molar-refractivity contribution is -0.671. The van der Waals surface area contributed by atoms with Crippen LogP contribution in [0.2, 0.25) is 0 Å². The van der Waals surface area contributed by atoms with Gasteiger partial charge >= 0.3 is 5.97 Å². The van der Waals surface area contributed by atoms with Crippen molar-refractivity contribution in [2.75, 3.05) is 23.0 Å². The second-order valence-electron chi connectivity index (χ2n) is 14.4. The molecule has 1 unspecified atom stereocenters. The Morgan fingerprint density at radius 3 is 2.16 bits per heavy atom. The second-order valence-corrected chi connectivity index (χ2v) is 17.6. The van der Waals surface area contributed by atoms with Gasteiger partial charge in [-0.1, -0.05) is 37.1 Å². The molecule has 1 fully saturated rings. The fourth-order valence-electron chi connectivity index (χ4n) is 7.43. The molecule has 2 amide bonds. The number of hydrogen-bond donors (Lipinski definition) is 2. The third kappa shape index (κ3) is 10.5. The first-order valence-corrected chi connectivity index (χ1v) is 21.9. The van der Waals surface area contributed by atoms with Gasteiger partial charge in [-0.2, -0.15) is 21.4 Å². The van der Waals surface area contributed by atoms with Gasteiger partial charge < -0.3 is 9.74 Å². The summed E-state index contributed by atoms with van der Waals surface area (Å²) in [5.74, 6) is -10.3. The van der Waals surface area contributed by atoms with Crippen LogP contribution in [0, 0.1) is 23.3 Å². The van der Waals surface area contributed by atoms with Gasteiger partial charge in [0.1, 0.15) is 6.54 Å². The lowest BCUT2D eigenvalue weighted by Gasteiger charge is -2.30. The van der Waals surface area contributed by atoms with Crippen molar-refractivity contribution in [3.05, 3.63) is 88.8 Å². The molecule has 0 aliphatic carbocycles. The number of carbonyl (C=O) groups is 3. The molecule has 5 rings (SSSR count). The minimum Gasteiger partial charge on any atom is -0.341 e. The molecule has 13 nitrogen and oxygen atoms in total. The number of carbonyl (C=O) groups excluding carboxylic acids is 3. The smallest absolute Gasteiger partial charge is 0.333 e. The number of amides is 2. The van der Waals surface area contributed by atoms with Gasteiger partial charge in [0.2, 0.25) is 5.52 Å². The number of hydrogen-bond acceptors (Lipinski definition) is 9. The maximum Gasteiger partial charge on any atom is 0.333 e. The summed E-state index contributed by atoms with van der Waals surface area (Å²) >= 11 is 0. The Bertz CT molecular complexity index is 2360. The lowest BCUT2D eigenvalue weighted by atomic mass is 9.76. The van der Waals surface area contributed by atoms with Crippen molar-refractivity contribution in [3.63, 3.8) is 0 Å². The van der Waals surface area contributed by atoms with Crippen LogP contribution in [-0.4, -0.2) is 66.8 Å². The van der Waals surface area contributed by atoms with Crippen LogP contribution < -0.4 is 9.47 Å². The van der Waals surface area contributed by atoms with E-state index in [9.17, 15) is 44.6 Å². The Morgan fingerprint density at radius 1 is 0.845 bits per heavy atom. The van der Waals surface area contributed by atoms with E-state index in [4.69, 9.17) is 9.39 Å². The van der Waals surface area contributed by atoms with Crippen LogP contribution in [0.4, 0.5) is 23.2 Å². The average Bonchev–Trinajstić information content (AvgIpc) is 3.60. The summed E-state index contributed by atoms with van der Waals surface area (Å²) in [6, 6.07) is 9.18. The highest BCUT2D eigenvalue weighted by Crippen LogP contribution is 2.54. The van der Waals surface area contributed by atoms with Crippen LogP contribution in [0.1, 0.15) is 88.7 Å². The standard InChI is InChI=1S/C39H43F4N3O10S2/c1-39(20-6-9-24-57(50,51)52)29(15-11-12-26-19-23-44(21-8-10-25-58(53,54)55)28-14-5-4-13-27(26)28)45(38-33(39)34(40)35(41)36(42)37(38)43)22-7-2-3-16-32(49)56-46-30(47)17-18-31(46)48/h4-5,11-15,19,23H,2-3,6-10,16-18,20-22,24-25H2,1H3,(H-,50,51,52,53,54,55)/p+1. The van der Waals surface area contributed by atoms with E-state index in [-0.39, 0.29) is 75.8 Å². The number of unbranched alkanes of at least 4 members (excludes halogenated alkanes) is 4. The Hall–Kier alpha value is -4.72. The van der Waals surface area contributed by atoms with Crippen molar-refractivity contribution < 1.29 is 67.3 Å². The molecule has 1 saturated heterocycles. The van der Waals surface area contributed by atoms with Gasteiger partial charge in [0.25, 0.3) is 32.1 Å². The van der Waals surface area contributed by atoms with Gasteiger partial charge in [0.15, 0.2) is 29.5 Å². The zero-order chi connectivity index (χ0) is 42.4. The van der Waals surface area contributed by atoms with Crippen LogP contribution >= 0.6 is 0 Å². The van der Waals surface area contributed by atoms with Crippen molar-refractivity contribution in [2.45, 2.75) is 89.5 Å². The molecule has 0 spiro atoms. The molecule has 314 valence electrons. The first-order chi connectivity index (χ1) is 27.3. The van der Waals surface area contributed by atoms with E-state index in [2.05, 4.69) is 0 Å². The van der Waals surface area contributed by atoms with Crippen LogP contribution in [0.15, 0.2) is 54.4 Å². The molecule has 0 saturated carbocycles. The molecule has 3 heterocycles. The predicted molar refractivity (Wildman–Crippen MR) is 204 cm³/mol. The van der Waals surface area contributed by atoms with Gasteiger partial charge in [-0.3, -0.25) is 18.7 Å². The summed E-state index contributed by atoms with van der Waals surface area (Å²) in [6.45, 7) is 1.91. The van der Waals surface area contributed by atoms with Crippen molar-refractivity contribution in [2.24, 2.45) is 0 Å². The van der Waals surface area contributed by atoms with E-state index in [1.807, 2.05) is 28.8 Å². The van der Waals surface area contributed by atoms with Gasteiger partial charge in [-0.15, -0.1) is 5.06 Å². The number of imide groups is 1. The fourth-order valence-corrected chi connectivity index (χ4v) is 8.56. The molecule has 2 aromatic carbocycles. The van der Waals surface area contributed by atoms with Gasteiger partial charge in [0.05, 0.1) is 22.6 Å². The van der Waals surface area contributed by atoms with Crippen LogP contribution in [-0.2, 0) is 51.4 Å². The number of benzene rings is 2. The molecule has 1 aromatic heterocycles. The second kappa shape index (κ2) is 18.5. The SMILES string of the molecule is CC1(CCCCS(=O)(=O)O)C(=CC=Cc2cc[n+](CCCCS(=O)(=O)O)c3ccccc23)N(CCCCCC(=O)ON2C(=O)CCC2=O)c2c(F)c(F)c(F)c(F)c21. The molecule has 2 aliphatic rings. The summed E-state index contributed by atoms with van der Waals surface area (Å²) in [6.07, 6.45) is 7.76. The molecule has 19 heteroatoms. The van der Waals surface area contributed by atoms with E-state index in [0.29, 0.717) is 24.4 Å². The largest absolute Gasteiger partial charge is 0.341 e. The summed E-state index contributed by atoms with van der Waals surface area (Å²) in [5, 5.41) is 1.23. The third-order valence-corrected chi connectivity index (χ3v) is 11.9. The van der Waals surface area contributed by atoms with Crippen molar-refractivity contribution in [3.8, 4) is 0 Å². The minimum absolute atomic E-state index is 0.0568. The number of hydroxylamine groups is 2. The van der Waals surface area contributed by atoms with Gasteiger partial charge in [-0.25, -0.2) is 22.4 Å². The number of rotatable bonds is 19. The fraction of sp³-hybridized carbons (Fsp3) is 0.436. The molecule has 58 heavy (non-hydrogen) atoms. The normalized spacial score (nSPS) is 18.0. The number of para-hydroxylation sites is 1. The quantitative estimate of drug-likeness (QED) is 0.0265. The summed E-state index contributed by atoms with van der Waals surface area (Å²) in [7, 11) is -8.44. The Labute approximate surface area is 333 Å². The number of fused-ring (bicyclic) bond motifs is 2. The highest BCUT2D eigenvalue weighted by Gasteiger charge is 2.49. The Balaban J connectivity index is 1.45. The number of allylic oxidation sites excluding steroid dienone is 3. The molecule has 0 radical (unpaired) electrons. The van der Waals surface area contributed by atoms with Crippen LogP contribution in [0.25, 0.3) is 17.0 Å². The van der Waals surface area contributed by atoms with E-state index in [0.717, 1.165) is 16.5 Å². The number of pyridine rings is 1. The summed E-state index contributed by atoms with van der Waals surface area (Å²) in [5.41, 5.74) is -0.746. The van der Waals surface area contributed by atoms with Gasteiger partial charge in [-0.05, 0) is 56.7 Å².